The Kier molecular flexibility index (Phi) is 9.49. The van der Waals surface area contributed by atoms with Crippen molar-refractivity contribution in [3.63, 3.8) is 0 Å². The van der Waals surface area contributed by atoms with Gasteiger partial charge in [-0.25, -0.2) is 4.79 Å². The highest BCUT2D eigenvalue weighted by atomic mass is 32.2. The Hall–Kier alpha value is -0.950. The summed E-state index contributed by atoms with van der Waals surface area (Å²) in [5.41, 5.74) is 0. The highest BCUT2D eigenvalue weighted by Crippen LogP contribution is 1.94. The number of carbonyl (C=O) groups is 2. The molecule has 0 heterocycles. The topological polar surface area (TPSA) is 92.7 Å². The van der Waals surface area contributed by atoms with Gasteiger partial charge < -0.3 is 15.2 Å². The van der Waals surface area contributed by atoms with Crippen molar-refractivity contribution >= 4 is 22.7 Å². The molecule has 0 aliphatic rings. The Labute approximate surface area is 110 Å². The van der Waals surface area contributed by atoms with Crippen LogP contribution in [0.1, 0.15) is 26.7 Å². The van der Waals surface area contributed by atoms with Gasteiger partial charge in [0.15, 0.2) is 0 Å². The molecule has 0 aliphatic heterocycles. The van der Waals surface area contributed by atoms with E-state index in [4.69, 9.17) is 9.84 Å². The summed E-state index contributed by atoms with van der Waals surface area (Å²) in [4.78, 5) is 21.6. The van der Waals surface area contributed by atoms with Gasteiger partial charge in [0, 0.05) is 30.1 Å². The van der Waals surface area contributed by atoms with E-state index in [0.29, 0.717) is 13.2 Å². The van der Waals surface area contributed by atoms with Gasteiger partial charge in [-0.2, -0.15) is 0 Å². The first kappa shape index (κ1) is 17.1. The number of hydrogen-bond donors (Lipinski definition) is 2. The molecule has 0 rings (SSSR count). The average molecular weight is 279 g/mol. The van der Waals surface area contributed by atoms with Crippen molar-refractivity contribution in [2.45, 2.75) is 32.7 Å². The summed E-state index contributed by atoms with van der Waals surface area (Å²) in [5, 5.41) is 11.1. The van der Waals surface area contributed by atoms with Crippen molar-refractivity contribution in [2.24, 2.45) is 0 Å². The maximum atomic E-state index is 11.6. The molecule has 0 saturated carbocycles. The van der Waals surface area contributed by atoms with Crippen molar-refractivity contribution in [3.05, 3.63) is 0 Å². The number of rotatable bonds is 10. The number of carboxylic acid groups (broad SMARTS) is 1. The molecule has 6 nitrogen and oxygen atoms in total. The van der Waals surface area contributed by atoms with Crippen molar-refractivity contribution in [3.8, 4) is 0 Å². The number of carboxylic acids is 1. The zero-order valence-electron chi connectivity index (χ0n) is 10.8. The van der Waals surface area contributed by atoms with Crippen molar-refractivity contribution in [1.29, 1.82) is 0 Å². The SMILES string of the molecule is CCCCOCCS(=O)CC(NC(C)=O)C(=O)O. The van der Waals surface area contributed by atoms with E-state index in [-0.39, 0.29) is 11.5 Å². The van der Waals surface area contributed by atoms with E-state index in [1.54, 1.807) is 0 Å². The fourth-order valence-electron chi connectivity index (χ4n) is 1.19. The number of amides is 1. The lowest BCUT2D eigenvalue weighted by Gasteiger charge is -2.12. The molecule has 2 atom stereocenters. The molecule has 0 spiro atoms. The van der Waals surface area contributed by atoms with Gasteiger partial charge in [-0.1, -0.05) is 13.3 Å². The van der Waals surface area contributed by atoms with Crippen LogP contribution >= 0.6 is 0 Å². The Morgan fingerprint density at radius 3 is 2.56 bits per heavy atom. The van der Waals surface area contributed by atoms with Gasteiger partial charge >= 0.3 is 5.97 Å². The van der Waals surface area contributed by atoms with Crippen molar-refractivity contribution in [2.75, 3.05) is 24.7 Å². The predicted molar refractivity (Wildman–Crippen MR) is 68.8 cm³/mol. The summed E-state index contributed by atoms with van der Waals surface area (Å²) in [6, 6.07) is -1.10. The second-order valence-electron chi connectivity index (χ2n) is 3.87. The van der Waals surface area contributed by atoms with Gasteiger partial charge in [0.25, 0.3) is 0 Å². The smallest absolute Gasteiger partial charge is 0.327 e. The fourth-order valence-corrected chi connectivity index (χ4v) is 2.26. The summed E-state index contributed by atoms with van der Waals surface area (Å²) in [5.74, 6) is -1.43. The lowest BCUT2D eigenvalue weighted by atomic mass is 10.3. The van der Waals surface area contributed by atoms with Crippen LogP contribution in [0.4, 0.5) is 0 Å². The normalized spacial score (nSPS) is 13.9. The molecule has 0 saturated heterocycles. The van der Waals surface area contributed by atoms with Gasteiger partial charge in [0.05, 0.1) is 12.4 Å². The zero-order chi connectivity index (χ0) is 14.0. The molecular formula is C11H21NO5S. The first-order valence-electron chi connectivity index (χ1n) is 5.90. The van der Waals surface area contributed by atoms with E-state index in [9.17, 15) is 13.8 Å². The molecule has 18 heavy (non-hydrogen) atoms. The molecule has 7 heteroatoms. The summed E-state index contributed by atoms with van der Waals surface area (Å²) >= 11 is 0. The quantitative estimate of drug-likeness (QED) is 0.555. The highest BCUT2D eigenvalue weighted by Gasteiger charge is 2.20. The highest BCUT2D eigenvalue weighted by molar-refractivity contribution is 7.85. The Balaban J connectivity index is 3.88. The molecule has 1 amide bonds. The minimum Gasteiger partial charge on any atom is -0.480 e. The fraction of sp³-hybridized carbons (Fsp3) is 0.818. The molecule has 106 valence electrons. The van der Waals surface area contributed by atoms with Crippen molar-refractivity contribution in [1.82, 2.24) is 5.32 Å². The maximum Gasteiger partial charge on any atom is 0.327 e. The number of hydrogen-bond acceptors (Lipinski definition) is 4. The average Bonchev–Trinajstić information content (AvgIpc) is 2.27. The Bertz CT molecular complexity index is 295. The summed E-state index contributed by atoms with van der Waals surface area (Å²) in [7, 11) is -1.31. The summed E-state index contributed by atoms with van der Waals surface area (Å²) in [6.45, 7) is 4.25. The van der Waals surface area contributed by atoms with Crippen LogP contribution in [0.2, 0.25) is 0 Å². The molecule has 0 aromatic carbocycles. The minimum atomic E-state index is -1.31. The molecule has 2 unspecified atom stereocenters. The first-order valence-corrected chi connectivity index (χ1v) is 7.38. The number of aliphatic carboxylic acids is 1. The van der Waals surface area contributed by atoms with Crippen LogP contribution in [0.25, 0.3) is 0 Å². The van der Waals surface area contributed by atoms with Crippen LogP contribution < -0.4 is 5.32 Å². The number of unbranched alkanes of at least 4 members (excludes halogenated alkanes) is 1. The van der Waals surface area contributed by atoms with Gasteiger partial charge in [-0.3, -0.25) is 9.00 Å². The van der Waals surface area contributed by atoms with E-state index < -0.39 is 28.7 Å². The third kappa shape index (κ3) is 9.12. The van der Waals surface area contributed by atoms with E-state index >= 15 is 0 Å². The second kappa shape index (κ2) is 10.0. The van der Waals surface area contributed by atoms with Crippen LogP contribution in [-0.4, -0.2) is 52.0 Å². The predicted octanol–water partition coefficient (Wildman–Crippen LogP) is 0.141. The van der Waals surface area contributed by atoms with E-state index in [2.05, 4.69) is 5.32 Å². The monoisotopic (exact) mass is 279 g/mol. The molecule has 0 aromatic heterocycles. The number of nitrogens with one attached hydrogen (secondary N) is 1. The van der Waals surface area contributed by atoms with Gasteiger partial charge in [0.1, 0.15) is 6.04 Å². The second-order valence-corrected chi connectivity index (χ2v) is 5.49. The third-order valence-corrected chi connectivity index (χ3v) is 3.45. The largest absolute Gasteiger partial charge is 0.480 e. The molecule has 0 aromatic rings. The van der Waals surface area contributed by atoms with Gasteiger partial charge in [-0.15, -0.1) is 0 Å². The molecule has 0 bridgehead atoms. The number of ether oxygens (including phenoxy) is 1. The van der Waals surface area contributed by atoms with Gasteiger partial charge in [-0.05, 0) is 6.42 Å². The zero-order valence-corrected chi connectivity index (χ0v) is 11.6. The van der Waals surface area contributed by atoms with E-state index in [1.165, 1.54) is 6.92 Å². The van der Waals surface area contributed by atoms with Crippen LogP contribution in [0.3, 0.4) is 0 Å². The summed E-state index contributed by atoms with van der Waals surface area (Å²) < 4.78 is 16.8. The van der Waals surface area contributed by atoms with Crippen LogP contribution in [-0.2, 0) is 25.1 Å². The molecular weight excluding hydrogens is 258 g/mol. The Morgan fingerprint density at radius 2 is 2.06 bits per heavy atom. The molecule has 0 radical (unpaired) electrons. The van der Waals surface area contributed by atoms with E-state index in [0.717, 1.165) is 12.8 Å². The molecule has 0 fully saturated rings. The minimum absolute atomic E-state index is 0.0912. The maximum absolute atomic E-state index is 11.6. The van der Waals surface area contributed by atoms with Crippen LogP contribution in [0, 0.1) is 0 Å². The van der Waals surface area contributed by atoms with Crippen LogP contribution in [0.15, 0.2) is 0 Å². The van der Waals surface area contributed by atoms with Crippen molar-refractivity contribution < 1.29 is 23.6 Å². The van der Waals surface area contributed by atoms with Gasteiger partial charge in [0.2, 0.25) is 5.91 Å². The Morgan fingerprint density at radius 1 is 1.39 bits per heavy atom. The molecule has 2 N–H and O–H groups in total. The molecule has 0 aliphatic carbocycles. The third-order valence-electron chi connectivity index (χ3n) is 2.13. The lowest BCUT2D eigenvalue weighted by Crippen LogP contribution is -2.43. The number of carbonyl (C=O) groups excluding carboxylic acids is 1. The summed E-state index contributed by atoms with van der Waals surface area (Å²) in [6.07, 6.45) is 1.99. The first-order chi connectivity index (χ1) is 8.47. The lowest BCUT2D eigenvalue weighted by molar-refractivity contribution is -0.140. The standard InChI is InChI=1S/C11H21NO5S/c1-3-4-5-17-6-7-18(16)8-10(11(14)15)12-9(2)13/h10H,3-8H2,1-2H3,(H,12,13)(H,14,15). The van der Waals surface area contributed by atoms with E-state index in [1.807, 2.05) is 6.92 Å². The van der Waals surface area contributed by atoms with Crippen LogP contribution in [0.5, 0.6) is 0 Å².